The molecule has 1 amide bonds. The van der Waals surface area contributed by atoms with Crippen LogP contribution in [0, 0.1) is 5.82 Å². The molecule has 37 heavy (non-hydrogen) atoms. The van der Waals surface area contributed by atoms with Crippen LogP contribution in [0.4, 0.5) is 10.1 Å². The van der Waals surface area contributed by atoms with E-state index in [0.717, 1.165) is 49.1 Å². The Balaban J connectivity index is 1.35. The average molecular weight is 497 g/mol. The number of carboxylic acids is 1. The van der Waals surface area contributed by atoms with E-state index in [0.29, 0.717) is 35.3 Å². The molecule has 0 saturated carbocycles. The summed E-state index contributed by atoms with van der Waals surface area (Å²) in [7, 11) is 0. The molecule has 3 aromatic rings. The Morgan fingerprint density at radius 2 is 1.89 bits per heavy atom. The van der Waals surface area contributed by atoms with E-state index >= 15 is 0 Å². The predicted molar refractivity (Wildman–Crippen MR) is 143 cm³/mol. The quantitative estimate of drug-likeness (QED) is 0.412. The van der Waals surface area contributed by atoms with Crippen LogP contribution in [-0.2, 0) is 13.0 Å². The summed E-state index contributed by atoms with van der Waals surface area (Å²) < 4.78 is 14.9. The highest BCUT2D eigenvalue weighted by Crippen LogP contribution is 2.32. The van der Waals surface area contributed by atoms with Gasteiger partial charge in [0.1, 0.15) is 5.82 Å². The van der Waals surface area contributed by atoms with E-state index in [2.05, 4.69) is 28.4 Å². The van der Waals surface area contributed by atoms with Crippen molar-refractivity contribution in [3.8, 4) is 11.1 Å². The summed E-state index contributed by atoms with van der Waals surface area (Å²) in [6.45, 7) is 1.64. The first kappa shape index (κ1) is 24.5. The van der Waals surface area contributed by atoms with Crippen LogP contribution >= 0.6 is 0 Å². The molecule has 0 bridgehead atoms. The maximum atomic E-state index is 14.9. The molecule has 1 aliphatic carbocycles. The molecule has 0 atom stereocenters. The van der Waals surface area contributed by atoms with E-state index in [1.54, 1.807) is 36.4 Å². The summed E-state index contributed by atoms with van der Waals surface area (Å²) in [6.07, 6.45) is 10.1. The van der Waals surface area contributed by atoms with E-state index in [1.807, 2.05) is 18.2 Å². The molecule has 3 aromatic carbocycles. The lowest BCUT2D eigenvalue weighted by molar-refractivity contribution is 0.0697. The van der Waals surface area contributed by atoms with Crippen LogP contribution in [0.15, 0.2) is 84.5 Å². The molecule has 188 valence electrons. The van der Waals surface area contributed by atoms with Crippen molar-refractivity contribution in [1.29, 1.82) is 0 Å². The van der Waals surface area contributed by atoms with Gasteiger partial charge in [-0.2, -0.15) is 0 Å². The highest BCUT2D eigenvalue weighted by atomic mass is 19.1. The molecular formula is C31H29FN2O3. The van der Waals surface area contributed by atoms with E-state index in [4.69, 9.17) is 0 Å². The number of carbonyl (C=O) groups excluding carboxylic acids is 1. The van der Waals surface area contributed by atoms with Gasteiger partial charge in [-0.05, 0) is 84.3 Å². The molecule has 0 saturated heterocycles. The number of hydrogen-bond donors (Lipinski definition) is 2. The minimum absolute atomic E-state index is 0.101. The number of amides is 1. The zero-order valence-corrected chi connectivity index (χ0v) is 20.5. The number of carboxylic acid groups (broad SMARTS) is 1. The van der Waals surface area contributed by atoms with Crippen LogP contribution in [0.5, 0.6) is 0 Å². The molecule has 1 aliphatic heterocycles. The summed E-state index contributed by atoms with van der Waals surface area (Å²) in [5.74, 6) is -1.44. The molecule has 0 fully saturated rings. The first-order chi connectivity index (χ1) is 18.0. The van der Waals surface area contributed by atoms with Crippen molar-refractivity contribution in [3.63, 3.8) is 0 Å². The Hall–Kier alpha value is -4.19. The highest BCUT2D eigenvalue weighted by Gasteiger charge is 2.21. The minimum atomic E-state index is -1.02. The van der Waals surface area contributed by atoms with Gasteiger partial charge in [-0.15, -0.1) is 0 Å². The Kier molecular flexibility index (Phi) is 7.17. The zero-order valence-electron chi connectivity index (χ0n) is 20.5. The predicted octanol–water partition coefficient (Wildman–Crippen LogP) is 6.15. The van der Waals surface area contributed by atoms with Crippen molar-refractivity contribution in [2.75, 3.05) is 18.0 Å². The highest BCUT2D eigenvalue weighted by molar-refractivity contribution is 5.96. The fourth-order valence-corrected chi connectivity index (χ4v) is 5.05. The number of nitrogens with one attached hydrogen (secondary N) is 1. The lowest BCUT2D eigenvalue weighted by Crippen LogP contribution is -2.30. The summed E-state index contributed by atoms with van der Waals surface area (Å²) >= 11 is 0. The molecule has 2 N–H and O–H groups in total. The fourth-order valence-electron chi connectivity index (χ4n) is 5.05. The number of hydrogen-bond acceptors (Lipinski definition) is 3. The first-order valence-corrected chi connectivity index (χ1v) is 12.6. The third-order valence-corrected chi connectivity index (χ3v) is 6.96. The van der Waals surface area contributed by atoms with Gasteiger partial charge in [0.05, 0.1) is 5.56 Å². The van der Waals surface area contributed by atoms with Crippen molar-refractivity contribution in [1.82, 2.24) is 5.32 Å². The average Bonchev–Trinajstić information content (AvgIpc) is 2.93. The van der Waals surface area contributed by atoms with Crippen molar-refractivity contribution in [3.05, 3.63) is 113 Å². The molecule has 5 rings (SSSR count). The first-order valence-electron chi connectivity index (χ1n) is 12.6. The number of rotatable bonds is 7. The Morgan fingerprint density at radius 3 is 2.70 bits per heavy atom. The summed E-state index contributed by atoms with van der Waals surface area (Å²) in [6, 6.07) is 17.2. The smallest absolute Gasteiger partial charge is 0.336 e. The zero-order chi connectivity index (χ0) is 25.8. The molecule has 0 aromatic heterocycles. The van der Waals surface area contributed by atoms with Crippen LogP contribution < -0.4 is 10.2 Å². The maximum absolute atomic E-state index is 14.9. The Labute approximate surface area is 215 Å². The Bertz CT molecular complexity index is 1410. The maximum Gasteiger partial charge on any atom is 0.336 e. The largest absolute Gasteiger partial charge is 0.478 e. The lowest BCUT2D eigenvalue weighted by Gasteiger charge is -2.32. The van der Waals surface area contributed by atoms with Gasteiger partial charge in [-0.1, -0.05) is 42.5 Å². The number of anilines is 1. The van der Waals surface area contributed by atoms with Crippen molar-refractivity contribution in [2.45, 2.75) is 32.2 Å². The number of fused-ring (bicyclic) bond motifs is 1. The monoisotopic (exact) mass is 496 g/mol. The van der Waals surface area contributed by atoms with Crippen molar-refractivity contribution >= 4 is 17.6 Å². The van der Waals surface area contributed by atoms with Crippen molar-refractivity contribution in [2.24, 2.45) is 0 Å². The second-order valence-corrected chi connectivity index (χ2v) is 9.47. The van der Waals surface area contributed by atoms with E-state index in [-0.39, 0.29) is 17.3 Å². The number of carbonyl (C=O) groups is 2. The number of nitrogens with zero attached hydrogens (tertiary/aromatic N) is 1. The molecule has 0 radical (unpaired) electrons. The normalized spacial score (nSPS) is 14.6. The van der Waals surface area contributed by atoms with Crippen molar-refractivity contribution < 1.29 is 19.1 Å². The third kappa shape index (κ3) is 5.48. The van der Waals surface area contributed by atoms with Crippen LogP contribution in [0.25, 0.3) is 11.1 Å². The van der Waals surface area contributed by atoms with E-state index in [1.165, 1.54) is 6.07 Å². The summed E-state index contributed by atoms with van der Waals surface area (Å²) in [5.41, 5.74) is 5.73. The Morgan fingerprint density at radius 1 is 1.03 bits per heavy atom. The summed E-state index contributed by atoms with van der Waals surface area (Å²) in [5, 5.41) is 12.6. The minimum Gasteiger partial charge on any atom is -0.478 e. The van der Waals surface area contributed by atoms with Crippen LogP contribution in [-0.4, -0.2) is 30.1 Å². The van der Waals surface area contributed by atoms with Gasteiger partial charge in [0.15, 0.2) is 0 Å². The molecule has 5 nitrogen and oxygen atoms in total. The second-order valence-electron chi connectivity index (χ2n) is 9.47. The standard InChI is InChI=1S/C31H29FN2O3/c32-28-14-12-22(26-10-4-5-11-27(26)31(36)37)17-25(28)20-34-16-6-9-23-18-24(13-15-29(23)34)30(35)33-19-21-7-2-1-3-8-21/h2,4-5,7-8,10-15,17-18H,1,3,6,9,16,19-20H2,(H,33,35)(H,36,37). The SMILES string of the molecule is O=C(NCC1=CCCC=C1)c1ccc2c(c1)CCCN2Cc1cc(-c2ccccc2C(=O)O)ccc1F. The molecule has 6 heteroatoms. The van der Waals surface area contributed by atoms with Gasteiger partial charge < -0.3 is 15.3 Å². The fraction of sp³-hybridized carbons (Fsp3) is 0.226. The molecular weight excluding hydrogens is 467 g/mol. The number of benzene rings is 3. The number of halogens is 1. The number of aromatic carboxylic acids is 1. The van der Waals surface area contributed by atoms with E-state index in [9.17, 15) is 19.1 Å². The third-order valence-electron chi connectivity index (χ3n) is 6.96. The number of allylic oxidation sites excluding steroid dienone is 2. The molecule has 0 spiro atoms. The van der Waals surface area contributed by atoms with Gasteiger partial charge >= 0.3 is 5.97 Å². The van der Waals surface area contributed by atoms with Gasteiger partial charge in [0.2, 0.25) is 0 Å². The van der Waals surface area contributed by atoms with Crippen LogP contribution in [0.2, 0.25) is 0 Å². The molecule has 2 aliphatic rings. The molecule has 1 heterocycles. The van der Waals surface area contributed by atoms with Crippen LogP contribution in [0.3, 0.4) is 0 Å². The summed E-state index contributed by atoms with van der Waals surface area (Å²) in [4.78, 5) is 26.6. The van der Waals surface area contributed by atoms with E-state index < -0.39 is 5.97 Å². The number of aryl methyl sites for hydroxylation is 1. The molecule has 0 unspecified atom stereocenters. The van der Waals surface area contributed by atoms with Gasteiger partial charge in [-0.3, -0.25) is 4.79 Å². The lowest BCUT2D eigenvalue weighted by atomic mass is 9.96. The van der Waals surface area contributed by atoms with Gasteiger partial charge in [-0.25, -0.2) is 9.18 Å². The topological polar surface area (TPSA) is 69.6 Å². The van der Waals surface area contributed by atoms with Crippen LogP contribution in [0.1, 0.15) is 51.1 Å². The van der Waals surface area contributed by atoms with Gasteiger partial charge in [0.25, 0.3) is 5.91 Å². The second kappa shape index (κ2) is 10.8. The van der Waals surface area contributed by atoms with Gasteiger partial charge in [0, 0.05) is 36.4 Å².